The summed E-state index contributed by atoms with van der Waals surface area (Å²) in [5.41, 5.74) is 2.53. The third kappa shape index (κ3) is 1.85. The van der Waals surface area contributed by atoms with E-state index in [-0.39, 0.29) is 5.56 Å². The Morgan fingerprint density at radius 1 is 1.21 bits per heavy atom. The molecule has 5 nitrogen and oxygen atoms in total. The Bertz CT molecular complexity index is 777. The Kier molecular flexibility index (Phi) is 2.52. The molecule has 94 valence electrons. The van der Waals surface area contributed by atoms with Crippen LogP contribution < -0.4 is 0 Å². The standard InChI is InChI=1S/C14H11N3O2/c1-9-4-2-5-10(8-9)12-15-16-13-11(14(18)19)6-3-7-17(12)13/h2-8H,1H3,(H,18,19). The molecule has 2 heterocycles. The molecule has 0 saturated heterocycles. The zero-order valence-corrected chi connectivity index (χ0v) is 10.2. The van der Waals surface area contributed by atoms with Crippen molar-refractivity contribution >= 4 is 11.6 Å². The first-order valence-corrected chi connectivity index (χ1v) is 5.81. The third-order valence-electron chi connectivity index (χ3n) is 2.94. The van der Waals surface area contributed by atoms with E-state index in [0.717, 1.165) is 11.1 Å². The molecule has 0 amide bonds. The van der Waals surface area contributed by atoms with E-state index in [1.54, 1.807) is 16.7 Å². The maximum atomic E-state index is 11.1. The summed E-state index contributed by atoms with van der Waals surface area (Å²) in [6, 6.07) is 11.1. The number of aromatic nitrogens is 3. The van der Waals surface area contributed by atoms with Crippen molar-refractivity contribution in [3.8, 4) is 11.4 Å². The van der Waals surface area contributed by atoms with Crippen LogP contribution in [0.3, 0.4) is 0 Å². The lowest BCUT2D eigenvalue weighted by molar-refractivity contribution is 0.0698. The first-order chi connectivity index (χ1) is 9.16. The Labute approximate surface area is 109 Å². The van der Waals surface area contributed by atoms with Crippen LogP contribution in [0.15, 0.2) is 42.6 Å². The van der Waals surface area contributed by atoms with E-state index >= 15 is 0 Å². The van der Waals surface area contributed by atoms with E-state index in [1.807, 2.05) is 31.2 Å². The van der Waals surface area contributed by atoms with Gasteiger partial charge >= 0.3 is 5.97 Å². The van der Waals surface area contributed by atoms with Crippen LogP contribution in [0.1, 0.15) is 15.9 Å². The number of carboxylic acids is 1. The number of hydrogen-bond acceptors (Lipinski definition) is 3. The lowest BCUT2D eigenvalue weighted by Crippen LogP contribution is -2.00. The average molecular weight is 253 g/mol. The van der Waals surface area contributed by atoms with Crippen LogP contribution in [-0.2, 0) is 0 Å². The van der Waals surface area contributed by atoms with Gasteiger partial charge in [0.1, 0.15) is 5.56 Å². The number of aromatic carboxylic acids is 1. The zero-order chi connectivity index (χ0) is 13.4. The summed E-state index contributed by atoms with van der Waals surface area (Å²) in [6.45, 7) is 2.00. The third-order valence-corrected chi connectivity index (χ3v) is 2.94. The van der Waals surface area contributed by atoms with Crippen molar-refractivity contribution in [3.05, 3.63) is 53.7 Å². The molecule has 0 aliphatic rings. The topological polar surface area (TPSA) is 67.5 Å². The molecule has 0 radical (unpaired) electrons. The highest BCUT2D eigenvalue weighted by Gasteiger charge is 2.14. The fraction of sp³-hybridized carbons (Fsp3) is 0.0714. The number of carbonyl (C=O) groups is 1. The highest BCUT2D eigenvalue weighted by atomic mass is 16.4. The lowest BCUT2D eigenvalue weighted by atomic mass is 10.1. The monoisotopic (exact) mass is 253 g/mol. The van der Waals surface area contributed by atoms with Crippen LogP contribution in [0.5, 0.6) is 0 Å². The van der Waals surface area contributed by atoms with Crippen molar-refractivity contribution in [1.29, 1.82) is 0 Å². The van der Waals surface area contributed by atoms with Crippen molar-refractivity contribution in [2.45, 2.75) is 6.92 Å². The lowest BCUT2D eigenvalue weighted by Gasteiger charge is -2.02. The van der Waals surface area contributed by atoms with Gasteiger partial charge in [0, 0.05) is 11.8 Å². The SMILES string of the molecule is Cc1cccc(-c2nnc3c(C(=O)O)cccn23)c1. The van der Waals surface area contributed by atoms with E-state index in [2.05, 4.69) is 10.2 Å². The van der Waals surface area contributed by atoms with Crippen molar-refractivity contribution in [2.24, 2.45) is 0 Å². The van der Waals surface area contributed by atoms with E-state index < -0.39 is 5.97 Å². The summed E-state index contributed by atoms with van der Waals surface area (Å²) in [6.07, 6.45) is 1.76. The molecular formula is C14H11N3O2. The van der Waals surface area contributed by atoms with Gasteiger partial charge in [-0.05, 0) is 25.1 Å². The van der Waals surface area contributed by atoms with Gasteiger partial charge in [0.25, 0.3) is 0 Å². The van der Waals surface area contributed by atoms with Gasteiger partial charge in [0.2, 0.25) is 0 Å². The Morgan fingerprint density at radius 3 is 2.79 bits per heavy atom. The first kappa shape index (κ1) is 11.4. The number of pyridine rings is 1. The van der Waals surface area contributed by atoms with E-state index in [9.17, 15) is 4.79 Å². The molecular weight excluding hydrogens is 242 g/mol. The van der Waals surface area contributed by atoms with Gasteiger partial charge in [-0.2, -0.15) is 0 Å². The van der Waals surface area contributed by atoms with E-state index in [1.165, 1.54) is 6.07 Å². The first-order valence-electron chi connectivity index (χ1n) is 5.81. The molecule has 2 aromatic heterocycles. The summed E-state index contributed by atoms with van der Waals surface area (Å²) in [4.78, 5) is 11.1. The normalized spacial score (nSPS) is 10.8. The van der Waals surface area contributed by atoms with Crippen LogP contribution in [-0.4, -0.2) is 25.7 Å². The van der Waals surface area contributed by atoms with E-state index in [4.69, 9.17) is 5.11 Å². The largest absolute Gasteiger partial charge is 0.478 e. The molecule has 19 heavy (non-hydrogen) atoms. The van der Waals surface area contributed by atoms with Crippen LogP contribution >= 0.6 is 0 Å². The quantitative estimate of drug-likeness (QED) is 0.761. The summed E-state index contributed by atoms with van der Waals surface area (Å²) in [5, 5.41) is 17.2. The van der Waals surface area contributed by atoms with Crippen molar-refractivity contribution in [2.75, 3.05) is 0 Å². The van der Waals surface area contributed by atoms with Gasteiger partial charge in [-0.15, -0.1) is 10.2 Å². The second-order valence-electron chi connectivity index (χ2n) is 4.31. The van der Waals surface area contributed by atoms with Crippen LogP contribution in [0.4, 0.5) is 0 Å². The Balaban J connectivity index is 2.27. The number of benzene rings is 1. The molecule has 5 heteroatoms. The highest BCUT2D eigenvalue weighted by Crippen LogP contribution is 2.20. The van der Waals surface area contributed by atoms with Gasteiger partial charge in [-0.1, -0.05) is 23.8 Å². The minimum absolute atomic E-state index is 0.147. The number of aryl methyl sites for hydroxylation is 1. The van der Waals surface area contributed by atoms with Gasteiger partial charge in [0.05, 0.1) is 0 Å². The minimum atomic E-state index is -1.01. The summed E-state index contributed by atoms with van der Waals surface area (Å²) in [5.74, 6) is -0.365. The molecule has 0 aliphatic heterocycles. The smallest absolute Gasteiger partial charge is 0.339 e. The summed E-state index contributed by atoms with van der Waals surface area (Å²) >= 11 is 0. The summed E-state index contributed by atoms with van der Waals surface area (Å²) < 4.78 is 1.69. The Hall–Kier alpha value is -2.69. The fourth-order valence-electron chi connectivity index (χ4n) is 2.06. The predicted octanol–water partition coefficient (Wildman–Crippen LogP) is 2.40. The van der Waals surface area contributed by atoms with E-state index in [0.29, 0.717) is 11.5 Å². The molecule has 0 fully saturated rings. The van der Waals surface area contributed by atoms with Crippen LogP contribution in [0.2, 0.25) is 0 Å². The van der Waals surface area contributed by atoms with Gasteiger partial charge in [-0.3, -0.25) is 4.40 Å². The Morgan fingerprint density at radius 2 is 2.05 bits per heavy atom. The summed E-state index contributed by atoms with van der Waals surface area (Å²) in [7, 11) is 0. The second kappa shape index (κ2) is 4.20. The van der Waals surface area contributed by atoms with Gasteiger partial charge in [0.15, 0.2) is 11.5 Å². The maximum absolute atomic E-state index is 11.1. The number of hydrogen-bond donors (Lipinski definition) is 1. The van der Waals surface area contributed by atoms with Crippen LogP contribution in [0.25, 0.3) is 17.0 Å². The number of nitrogens with zero attached hydrogens (tertiary/aromatic N) is 3. The molecule has 1 aromatic carbocycles. The average Bonchev–Trinajstić information content (AvgIpc) is 2.82. The number of fused-ring (bicyclic) bond motifs is 1. The van der Waals surface area contributed by atoms with Crippen LogP contribution in [0, 0.1) is 6.92 Å². The highest BCUT2D eigenvalue weighted by molar-refractivity contribution is 5.94. The van der Waals surface area contributed by atoms with Crippen molar-refractivity contribution < 1.29 is 9.90 Å². The molecule has 3 rings (SSSR count). The minimum Gasteiger partial charge on any atom is -0.478 e. The zero-order valence-electron chi connectivity index (χ0n) is 10.2. The molecule has 0 spiro atoms. The molecule has 0 bridgehead atoms. The molecule has 0 aliphatic carbocycles. The van der Waals surface area contributed by atoms with Crippen molar-refractivity contribution in [1.82, 2.24) is 14.6 Å². The van der Waals surface area contributed by atoms with Gasteiger partial charge < -0.3 is 5.11 Å². The molecule has 0 atom stereocenters. The molecule has 0 saturated carbocycles. The van der Waals surface area contributed by atoms with Gasteiger partial charge in [-0.25, -0.2) is 4.79 Å². The molecule has 0 unspecified atom stereocenters. The molecule has 1 N–H and O–H groups in total. The van der Waals surface area contributed by atoms with Crippen molar-refractivity contribution in [3.63, 3.8) is 0 Å². The number of rotatable bonds is 2. The maximum Gasteiger partial charge on any atom is 0.339 e. The second-order valence-corrected chi connectivity index (χ2v) is 4.31. The fourth-order valence-corrected chi connectivity index (χ4v) is 2.06. The molecule has 3 aromatic rings. The number of carboxylic acid groups (broad SMARTS) is 1. The predicted molar refractivity (Wildman–Crippen MR) is 70.1 cm³/mol.